The van der Waals surface area contributed by atoms with Crippen LogP contribution in [0.1, 0.15) is 42.1 Å². The number of piperazine rings is 1. The van der Waals surface area contributed by atoms with Crippen LogP contribution in [0.15, 0.2) is 0 Å². The molecule has 1 N–H and O–H groups in total. The predicted octanol–water partition coefficient (Wildman–Crippen LogP) is 0.903. The van der Waals surface area contributed by atoms with Crippen LogP contribution in [0.25, 0.3) is 0 Å². The van der Waals surface area contributed by atoms with E-state index >= 15 is 0 Å². The van der Waals surface area contributed by atoms with Gasteiger partial charge in [0.25, 0.3) is 5.91 Å². The van der Waals surface area contributed by atoms with Gasteiger partial charge in [-0.15, -0.1) is 0 Å². The van der Waals surface area contributed by atoms with Gasteiger partial charge in [-0.05, 0) is 26.7 Å². The first-order chi connectivity index (χ1) is 9.39. The Morgan fingerprint density at radius 3 is 2.70 bits per heavy atom. The number of nitrogens with zero attached hydrogens (tertiary/aromatic N) is 2. The first-order valence-corrected chi connectivity index (χ1v) is 7.36. The van der Waals surface area contributed by atoms with Crippen LogP contribution in [-0.2, 0) is 16.0 Å². The Bertz CT molecular complexity index is 620. The van der Waals surface area contributed by atoms with E-state index in [4.69, 9.17) is 0 Å². The Balaban J connectivity index is 2.01. The predicted molar refractivity (Wildman–Crippen MR) is 74.0 cm³/mol. The highest BCUT2D eigenvalue weighted by Crippen LogP contribution is 2.35. The number of hydrogen-bond acceptors (Lipinski definition) is 6. The summed E-state index contributed by atoms with van der Waals surface area (Å²) in [5.41, 5.74) is -0.0484. The third-order valence-electron chi connectivity index (χ3n) is 3.77. The number of hydrogen-bond donors (Lipinski definition) is 1. The molecule has 2 amide bonds. The van der Waals surface area contributed by atoms with Crippen molar-refractivity contribution in [1.82, 2.24) is 10.3 Å². The van der Waals surface area contributed by atoms with Crippen molar-refractivity contribution in [2.75, 3.05) is 11.4 Å². The fourth-order valence-electron chi connectivity index (χ4n) is 2.46. The van der Waals surface area contributed by atoms with Crippen LogP contribution in [0.4, 0.5) is 5.13 Å². The molecule has 1 aliphatic heterocycles. The normalized spacial score (nSPS) is 21.7. The SMILES string of the molecule is CC1(C)C(=O)NC(=O)CN1c1nc2c(s1)C(=O)CCC2. The molecule has 0 radical (unpaired) electrons. The average molecular weight is 293 g/mol. The monoisotopic (exact) mass is 293 g/mol. The summed E-state index contributed by atoms with van der Waals surface area (Å²) in [6.07, 6.45) is 2.15. The van der Waals surface area contributed by atoms with Crippen LogP contribution in [0.5, 0.6) is 0 Å². The maximum atomic E-state index is 12.0. The molecule has 106 valence electrons. The van der Waals surface area contributed by atoms with Crippen molar-refractivity contribution in [3.63, 3.8) is 0 Å². The molecule has 2 aliphatic rings. The van der Waals surface area contributed by atoms with E-state index in [0.29, 0.717) is 16.4 Å². The van der Waals surface area contributed by atoms with Crippen molar-refractivity contribution >= 4 is 34.1 Å². The van der Waals surface area contributed by atoms with Crippen LogP contribution in [0.3, 0.4) is 0 Å². The van der Waals surface area contributed by atoms with Gasteiger partial charge in [0.2, 0.25) is 5.91 Å². The Morgan fingerprint density at radius 2 is 2.00 bits per heavy atom. The van der Waals surface area contributed by atoms with E-state index in [1.165, 1.54) is 11.3 Å². The summed E-state index contributed by atoms with van der Waals surface area (Å²) in [6, 6.07) is 0. The molecule has 1 fully saturated rings. The van der Waals surface area contributed by atoms with Gasteiger partial charge in [0.05, 0.1) is 10.6 Å². The summed E-state index contributed by atoms with van der Waals surface area (Å²) in [6.45, 7) is 3.58. The van der Waals surface area contributed by atoms with Gasteiger partial charge in [0.1, 0.15) is 12.1 Å². The highest BCUT2D eigenvalue weighted by Gasteiger charge is 2.43. The fourth-order valence-corrected chi connectivity index (χ4v) is 3.68. The zero-order chi connectivity index (χ0) is 14.5. The number of ketones is 1. The van der Waals surface area contributed by atoms with E-state index in [0.717, 1.165) is 18.5 Å². The van der Waals surface area contributed by atoms with E-state index in [9.17, 15) is 14.4 Å². The Morgan fingerprint density at radius 1 is 1.25 bits per heavy atom. The number of rotatable bonds is 1. The lowest BCUT2D eigenvalue weighted by Crippen LogP contribution is -2.64. The molecule has 1 aliphatic carbocycles. The number of imide groups is 1. The molecule has 20 heavy (non-hydrogen) atoms. The Hall–Kier alpha value is -1.76. The molecule has 7 heteroatoms. The van der Waals surface area contributed by atoms with Crippen molar-refractivity contribution in [3.8, 4) is 0 Å². The molecular formula is C13H15N3O3S. The number of thiazole rings is 1. The largest absolute Gasteiger partial charge is 0.325 e. The van der Waals surface area contributed by atoms with E-state index in [2.05, 4.69) is 10.3 Å². The summed E-state index contributed by atoms with van der Waals surface area (Å²) in [5, 5.41) is 2.91. The molecule has 0 spiro atoms. The molecule has 0 atom stereocenters. The number of aromatic nitrogens is 1. The number of aryl methyl sites for hydroxylation is 1. The van der Waals surface area contributed by atoms with E-state index in [-0.39, 0.29) is 24.1 Å². The lowest BCUT2D eigenvalue weighted by Gasteiger charge is -2.39. The molecule has 6 nitrogen and oxygen atoms in total. The van der Waals surface area contributed by atoms with Gasteiger partial charge in [-0.25, -0.2) is 4.98 Å². The van der Waals surface area contributed by atoms with Gasteiger partial charge in [0, 0.05) is 6.42 Å². The highest BCUT2D eigenvalue weighted by molar-refractivity contribution is 7.17. The molecule has 0 bridgehead atoms. The minimum absolute atomic E-state index is 0.0827. The highest BCUT2D eigenvalue weighted by atomic mass is 32.1. The molecule has 0 unspecified atom stereocenters. The quantitative estimate of drug-likeness (QED) is 0.778. The molecule has 1 aromatic rings. The zero-order valence-corrected chi connectivity index (χ0v) is 12.2. The molecular weight excluding hydrogens is 278 g/mol. The van der Waals surface area contributed by atoms with Crippen molar-refractivity contribution < 1.29 is 14.4 Å². The van der Waals surface area contributed by atoms with Crippen LogP contribution in [0.2, 0.25) is 0 Å². The zero-order valence-electron chi connectivity index (χ0n) is 11.4. The number of Topliss-reactive ketones (excluding diaryl/α,β-unsaturated/α-hetero) is 1. The standard InChI is InChI=1S/C13H15N3O3S/c1-13(2)11(19)15-9(18)6-16(13)12-14-7-4-3-5-8(17)10(7)20-12/h3-6H2,1-2H3,(H,15,18,19). The van der Waals surface area contributed by atoms with E-state index in [1.807, 2.05) is 0 Å². The third-order valence-corrected chi connectivity index (χ3v) is 4.93. The maximum Gasteiger partial charge on any atom is 0.251 e. The molecule has 0 saturated carbocycles. The number of amides is 2. The summed E-state index contributed by atoms with van der Waals surface area (Å²) < 4.78 is 0. The van der Waals surface area contributed by atoms with Crippen molar-refractivity contribution in [2.24, 2.45) is 0 Å². The minimum atomic E-state index is -0.850. The smallest absolute Gasteiger partial charge is 0.251 e. The van der Waals surface area contributed by atoms with E-state index in [1.54, 1.807) is 18.7 Å². The molecule has 1 saturated heterocycles. The second kappa shape index (κ2) is 4.37. The van der Waals surface area contributed by atoms with Crippen LogP contribution < -0.4 is 10.2 Å². The topological polar surface area (TPSA) is 79.4 Å². The van der Waals surface area contributed by atoms with Gasteiger partial charge in [0.15, 0.2) is 10.9 Å². The van der Waals surface area contributed by atoms with Crippen LogP contribution >= 0.6 is 11.3 Å². The lowest BCUT2D eigenvalue weighted by atomic mass is 9.99. The van der Waals surface area contributed by atoms with Crippen LogP contribution in [0, 0.1) is 0 Å². The Labute approximate surface area is 120 Å². The van der Waals surface area contributed by atoms with Crippen LogP contribution in [-0.4, -0.2) is 34.7 Å². The number of fused-ring (bicyclic) bond motifs is 1. The second-order valence-corrected chi connectivity index (χ2v) is 6.55. The van der Waals surface area contributed by atoms with Gasteiger partial charge in [-0.1, -0.05) is 11.3 Å². The van der Waals surface area contributed by atoms with Crippen molar-refractivity contribution in [2.45, 2.75) is 38.6 Å². The second-order valence-electron chi connectivity index (χ2n) is 5.57. The Kier molecular flexibility index (Phi) is 2.89. The summed E-state index contributed by atoms with van der Waals surface area (Å²) in [7, 11) is 0. The molecule has 0 aromatic carbocycles. The summed E-state index contributed by atoms with van der Waals surface area (Å²) in [5.74, 6) is -0.567. The third kappa shape index (κ3) is 1.93. The maximum absolute atomic E-state index is 12.0. The van der Waals surface area contributed by atoms with Gasteiger partial charge >= 0.3 is 0 Å². The first-order valence-electron chi connectivity index (χ1n) is 6.54. The summed E-state index contributed by atoms with van der Waals surface area (Å²) in [4.78, 5) is 42.3. The molecule has 3 rings (SSSR count). The average Bonchev–Trinajstić information content (AvgIpc) is 2.79. The fraction of sp³-hybridized carbons (Fsp3) is 0.538. The summed E-state index contributed by atoms with van der Waals surface area (Å²) >= 11 is 1.29. The number of carbonyl (C=O) groups excluding carboxylic acids is 3. The first kappa shape index (κ1) is 13.2. The van der Waals surface area contributed by atoms with E-state index < -0.39 is 5.54 Å². The number of anilines is 1. The van der Waals surface area contributed by atoms with Gasteiger partial charge in [-0.3, -0.25) is 19.7 Å². The minimum Gasteiger partial charge on any atom is -0.325 e. The van der Waals surface area contributed by atoms with Gasteiger partial charge < -0.3 is 4.90 Å². The molecule has 1 aromatic heterocycles. The number of nitrogens with one attached hydrogen (secondary N) is 1. The lowest BCUT2D eigenvalue weighted by molar-refractivity contribution is -0.135. The van der Waals surface area contributed by atoms with Crippen molar-refractivity contribution in [3.05, 3.63) is 10.6 Å². The van der Waals surface area contributed by atoms with Crippen molar-refractivity contribution in [1.29, 1.82) is 0 Å². The number of carbonyl (C=O) groups is 3. The van der Waals surface area contributed by atoms with Gasteiger partial charge in [-0.2, -0.15) is 0 Å². The molecule has 2 heterocycles.